The van der Waals surface area contributed by atoms with Crippen molar-refractivity contribution >= 4 is 0 Å². The first-order valence-electron chi connectivity index (χ1n) is 14.6. The molecule has 4 heteroatoms. The number of quaternary nitrogens is 1. The van der Waals surface area contributed by atoms with Gasteiger partial charge in [0.25, 0.3) is 0 Å². The number of hydrogen-bond donors (Lipinski definition) is 0. The van der Waals surface area contributed by atoms with Gasteiger partial charge in [0, 0.05) is 13.2 Å². The monoisotopic (exact) mass is 472 g/mol. The van der Waals surface area contributed by atoms with E-state index in [1.54, 1.807) is 0 Å². The SMILES string of the molecule is CCCCCCCCCCCCCCCCCCOCCOCCOCCCC[N+](C)(C)C. The molecule has 0 saturated heterocycles. The van der Waals surface area contributed by atoms with Crippen molar-refractivity contribution in [3.05, 3.63) is 0 Å². The maximum Gasteiger partial charge on any atom is 0.0781 e. The minimum atomic E-state index is 0.678. The molecule has 0 aliphatic carbocycles. The highest BCUT2D eigenvalue weighted by Gasteiger charge is 2.05. The Morgan fingerprint density at radius 1 is 0.364 bits per heavy atom. The summed E-state index contributed by atoms with van der Waals surface area (Å²) >= 11 is 0. The van der Waals surface area contributed by atoms with Crippen LogP contribution in [0.4, 0.5) is 0 Å². The quantitative estimate of drug-likeness (QED) is 0.0859. The molecule has 0 amide bonds. The molecule has 4 nitrogen and oxygen atoms in total. The fourth-order valence-electron chi connectivity index (χ4n) is 4.08. The van der Waals surface area contributed by atoms with Crippen LogP contribution in [0.5, 0.6) is 0 Å². The van der Waals surface area contributed by atoms with Crippen molar-refractivity contribution < 1.29 is 18.7 Å². The smallest absolute Gasteiger partial charge is 0.0781 e. The molecule has 0 aliphatic rings. The Kier molecular flexibility index (Phi) is 26.3. The Hall–Kier alpha value is -0.160. The molecule has 0 spiro atoms. The molecular formula is C29H62NO3+. The van der Waals surface area contributed by atoms with Crippen molar-refractivity contribution in [2.75, 3.05) is 67.3 Å². The van der Waals surface area contributed by atoms with E-state index in [0.29, 0.717) is 26.4 Å². The van der Waals surface area contributed by atoms with E-state index in [-0.39, 0.29) is 0 Å². The van der Waals surface area contributed by atoms with Crippen LogP contribution in [-0.2, 0) is 14.2 Å². The third-order valence-electron chi connectivity index (χ3n) is 6.25. The fourth-order valence-corrected chi connectivity index (χ4v) is 4.08. The van der Waals surface area contributed by atoms with Gasteiger partial charge in [0.1, 0.15) is 0 Å². The zero-order chi connectivity index (χ0) is 24.3. The molecule has 0 unspecified atom stereocenters. The molecule has 0 rings (SSSR count). The van der Waals surface area contributed by atoms with Crippen LogP contribution in [0.15, 0.2) is 0 Å². The molecule has 0 aliphatic heterocycles. The number of hydrogen-bond acceptors (Lipinski definition) is 3. The van der Waals surface area contributed by atoms with Gasteiger partial charge in [-0.3, -0.25) is 0 Å². The number of ether oxygens (including phenoxy) is 3. The van der Waals surface area contributed by atoms with Gasteiger partial charge in [-0.1, -0.05) is 103 Å². The maximum absolute atomic E-state index is 5.68. The first-order valence-corrected chi connectivity index (χ1v) is 14.6. The second-order valence-corrected chi connectivity index (χ2v) is 10.9. The van der Waals surface area contributed by atoms with E-state index in [4.69, 9.17) is 14.2 Å². The predicted octanol–water partition coefficient (Wildman–Crippen LogP) is 7.78. The molecule has 33 heavy (non-hydrogen) atoms. The summed E-state index contributed by atoms with van der Waals surface area (Å²) < 4.78 is 17.9. The zero-order valence-corrected chi connectivity index (χ0v) is 23.3. The second kappa shape index (κ2) is 26.4. The van der Waals surface area contributed by atoms with E-state index in [9.17, 15) is 0 Å². The van der Waals surface area contributed by atoms with E-state index < -0.39 is 0 Å². The molecule has 0 aromatic heterocycles. The van der Waals surface area contributed by atoms with Crippen molar-refractivity contribution in [1.82, 2.24) is 0 Å². The Balaban J connectivity index is 3.03. The maximum atomic E-state index is 5.68. The highest BCUT2D eigenvalue weighted by Crippen LogP contribution is 2.13. The summed E-state index contributed by atoms with van der Waals surface area (Å²) in [7, 11) is 6.70. The summed E-state index contributed by atoms with van der Waals surface area (Å²) in [5.41, 5.74) is 0. The lowest BCUT2D eigenvalue weighted by Gasteiger charge is -2.23. The van der Waals surface area contributed by atoms with Gasteiger partial charge in [-0.25, -0.2) is 0 Å². The molecule has 0 fully saturated rings. The van der Waals surface area contributed by atoms with E-state index >= 15 is 0 Å². The normalized spacial score (nSPS) is 12.0. The minimum absolute atomic E-state index is 0.678. The third-order valence-corrected chi connectivity index (χ3v) is 6.25. The lowest BCUT2D eigenvalue weighted by atomic mass is 10.0. The molecule has 0 radical (unpaired) electrons. The van der Waals surface area contributed by atoms with Crippen LogP contribution in [0.1, 0.15) is 122 Å². The van der Waals surface area contributed by atoms with Gasteiger partial charge in [0.05, 0.1) is 54.1 Å². The highest BCUT2D eigenvalue weighted by atomic mass is 16.5. The van der Waals surface area contributed by atoms with Gasteiger partial charge >= 0.3 is 0 Å². The van der Waals surface area contributed by atoms with Crippen LogP contribution >= 0.6 is 0 Å². The lowest BCUT2D eigenvalue weighted by molar-refractivity contribution is -0.870. The standard InChI is InChI=1S/C29H62NO3/c1-5-6-7-8-9-10-11-12-13-14-15-16-17-18-19-21-24-31-26-28-33-29-27-32-25-22-20-23-30(2,3)4/h5-29H2,1-4H3/q+1. The predicted molar refractivity (Wildman–Crippen MR) is 144 cm³/mol. The minimum Gasteiger partial charge on any atom is -0.379 e. The third kappa shape index (κ3) is 31.8. The van der Waals surface area contributed by atoms with Crippen molar-refractivity contribution in [3.8, 4) is 0 Å². The second-order valence-electron chi connectivity index (χ2n) is 10.9. The molecular weight excluding hydrogens is 410 g/mol. The van der Waals surface area contributed by atoms with Crippen LogP contribution < -0.4 is 0 Å². The molecule has 0 bridgehead atoms. The van der Waals surface area contributed by atoms with Gasteiger partial charge < -0.3 is 18.7 Å². The molecule has 0 atom stereocenters. The van der Waals surface area contributed by atoms with Crippen LogP contribution in [0.2, 0.25) is 0 Å². The van der Waals surface area contributed by atoms with E-state index in [1.807, 2.05) is 0 Å². The average Bonchev–Trinajstić information content (AvgIpc) is 2.78. The highest BCUT2D eigenvalue weighted by molar-refractivity contribution is 4.50. The van der Waals surface area contributed by atoms with Crippen LogP contribution in [0, 0.1) is 0 Å². The van der Waals surface area contributed by atoms with Gasteiger partial charge in [0.2, 0.25) is 0 Å². The van der Waals surface area contributed by atoms with Gasteiger partial charge in [-0.2, -0.15) is 0 Å². The summed E-state index contributed by atoms with van der Waals surface area (Å²) in [6.45, 7) is 8.00. The van der Waals surface area contributed by atoms with Crippen molar-refractivity contribution in [1.29, 1.82) is 0 Å². The Bertz CT molecular complexity index is 357. The molecule has 0 aromatic rings. The van der Waals surface area contributed by atoms with Crippen LogP contribution in [0.3, 0.4) is 0 Å². The summed E-state index contributed by atoms with van der Waals surface area (Å²) in [5.74, 6) is 0. The molecule has 0 N–H and O–H groups in total. The average molecular weight is 473 g/mol. The van der Waals surface area contributed by atoms with Gasteiger partial charge in [0.15, 0.2) is 0 Å². The Morgan fingerprint density at radius 3 is 1.03 bits per heavy atom. The number of nitrogens with zero attached hydrogens (tertiary/aromatic N) is 1. The number of rotatable bonds is 28. The fraction of sp³-hybridized carbons (Fsp3) is 1.00. The summed E-state index contributed by atoms with van der Waals surface area (Å²) in [6.07, 6.45) is 24.9. The first kappa shape index (κ1) is 32.8. The Morgan fingerprint density at radius 2 is 0.667 bits per heavy atom. The van der Waals surface area contributed by atoms with E-state index in [2.05, 4.69) is 28.1 Å². The van der Waals surface area contributed by atoms with Crippen molar-refractivity contribution in [3.63, 3.8) is 0 Å². The first-order chi connectivity index (χ1) is 16.1. The van der Waals surface area contributed by atoms with E-state index in [0.717, 1.165) is 24.1 Å². The zero-order valence-electron chi connectivity index (χ0n) is 23.3. The number of unbranched alkanes of at least 4 members (excludes halogenated alkanes) is 16. The molecule has 0 aromatic carbocycles. The lowest BCUT2D eigenvalue weighted by Crippen LogP contribution is -2.35. The van der Waals surface area contributed by atoms with Crippen molar-refractivity contribution in [2.24, 2.45) is 0 Å². The van der Waals surface area contributed by atoms with Crippen LogP contribution in [-0.4, -0.2) is 71.8 Å². The topological polar surface area (TPSA) is 27.7 Å². The van der Waals surface area contributed by atoms with Crippen molar-refractivity contribution in [2.45, 2.75) is 122 Å². The Labute approximate surface area is 208 Å². The van der Waals surface area contributed by atoms with Gasteiger partial charge in [-0.15, -0.1) is 0 Å². The molecule has 0 saturated carbocycles. The summed E-state index contributed by atoms with van der Waals surface area (Å²) in [4.78, 5) is 0. The van der Waals surface area contributed by atoms with E-state index in [1.165, 1.54) is 116 Å². The molecule has 0 heterocycles. The largest absolute Gasteiger partial charge is 0.379 e. The summed E-state index contributed by atoms with van der Waals surface area (Å²) in [6, 6.07) is 0. The summed E-state index contributed by atoms with van der Waals surface area (Å²) in [5, 5.41) is 0. The van der Waals surface area contributed by atoms with Gasteiger partial charge in [-0.05, 0) is 19.3 Å². The van der Waals surface area contributed by atoms with Crippen LogP contribution in [0.25, 0.3) is 0 Å². The molecule has 200 valence electrons.